The molecule has 0 aliphatic heterocycles. The molecule has 0 aromatic heterocycles. The largest absolute Gasteiger partial charge is 0.494 e. The highest BCUT2D eigenvalue weighted by molar-refractivity contribution is 6.01. The van der Waals surface area contributed by atoms with Crippen molar-refractivity contribution >= 4 is 23.4 Å². The molecule has 0 saturated heterocycles. The zero-order valence-corrected chi connectivity index (χ0v) is 16.1. The fraction of sp³-hybridized carbons (Fsp3) is 0.318. The first-order valence-electron chi connectivity index (χ1n) is 9.55. The summed E-state index contributed by atoms with van der Waals surface area (Å²) in [5.74, 6) is 0.469. The number of ether oxygens (including phenoxy) is 1. The number of rotatable bonds is 11. The van der Waals surface area contributed by atoms with E-state index in [9.17, 15) is 14.9 Å². The van der Waals surface area contributed by atoms with Crippen LogP contribution in [0.3, 0.4) is 0 Å². The Hall–Kier alpha value is -3.15. The first kappa shape index (κ1) is 21.2. The molecule has 2 aromatic carbocycles. The number of amides is 1. The molecule has 6 heteroatoms. The molecule has 0 heterocycles. The number of non-ortho nitro benzene ring substituents is 1. The molecule has 2 aromatic rings. The summed E-state index contributed by atoms with van der Waals surface area (Å²) in [7, 11) is 0. The van der Waals surface area contributed by atoms with Gasteiger partial charge in [0.2, 0.25) is 5.91 Å². The number of hydrogen-bond acceptors (Lipinski definition) is 4. The summed E-state index contributed by atoms with van der Waals surface area (Å²) < 4.78 is 5.70. The first-order chi connectivity index (χ1) is 13.6. The summed E-state index contributed by atoms with van der Waals surface area (Å²) in [6.07, 6.45) is 8.85. The molecule has 148 valence electrons. The van der Waals surface area contributed by atoms with E-state index in [-0.39, 0.29) is 11.6 Å². The quantitative estimate of drug-likeness (QED) is 0.237. The number of nitrogens with zero attached hydrogens (tertiary/aromatic N) is 1. The van der Waals surface area contributed by atoms with E-state index in [1.807, 2.05) is 12.1 Å². The Morgan fingerprint density at radius 1 is 1.11 bits per heavy atom. The van der Waals surface area contributed by atoms with Gasteiger partial charge in [0, 0.05) is 23.9 Å². The third-order valence-corrected chi connectivity index (χ3v) is 4.15. The normalized spacial score (nSPS) is 10.8. The summed E-state index contributed by atoms with van der Waals surface area (Å²) in [6.45, 7) is 2.89. The van der Waals surface area contributed by atoms with Gasteiger partial charge in [-0.1, -0.05) is 44.7 Å². The molecule has 0 radical (unpaired) electrons. The van der Waals surface area contributed by atoms with Crippen LogP contribution in [0.1, 0.15) is 44.6 Å². The topological polar surface area (TPSA) is 81.5 Å². The number of anilines is 1. The van der Waals surface area contributed by atoms with E-state index >= 15 is 0 Å². The number of benzene rings is 2. The highest BCUT2D eigenvalue weighted by Gasteiger charge is 2.04. The summed E-state index contributed by atoms with van der Waals surface area (Å²) in [4.78, 5) is 22.3. The minimum atomic E-state index is -0.466. The third-order valence-electron chi connectivity index (χ3n) is 4.15. The Morgan fingerprint density at radius 2 is 1.86 bits per heavy atom. The second-order valence-corrected chi connectivity index (χ2v) is 6.46. The molecule has 0 bridgehead atoms. The van der Waals surface area contributed by atoms with Gasteiger partial charge in [-0.2, -0.15) is 0 Å². The lowest BCUT2D eigenvalue weighted by Gasteiger charge is -2.07. The second-order valence-electron chi connectivity index (χ2n) is 6.46. The second kappa shape index (κ2) is 11.5. The van der Waals surface area contributed by atoms with Crippen molar-refractivity contribution in [2.75, 3.05) is 11.9 Å². The van der Waals surface area contributed by atoms with E-state index in [1.165, 1.54) is 43.9 Å². The lowest BCUT2D eigenvalue weighted by molar-refractivity contribution is -0.384. The standard InChI is InChI=1S/C22H26N2O4/c1-2-3-4-5-6-16-28-21-13-11-19(12-14-21)23-22(25)15-10-18-8-7-9-20(17-18)24(26)27/h7-15,17H,2-6,16H2,1H3,(H,23,25)/b15-10+. The van der Waals surface area contributed by atoms with Gasteiger partial charge in [0.15, 0.2) is 0 Å². The van der Waals surface area contributed by atoms with E-state index in [1.54, 1.807) is 30.3 Å². The molecule has 1 N–H and O–H groups in total. The summed E-state index contributed by atoms with van der Waals surface area (Å²) in [6, 6.07) is 13.3. The van der Waals surface area contributed by atoms with Crippen LogP contribution in [-0.2, 0) is 4.79 Å². The predicted octanol–water partition coefficient (Wildman–Crippen LogP) is 5.60. The fourth-order valence-electron chi connectivity index (χ4n) is 2.63. The fourth-order valence-corrected chi connectivity index (χ4v) is 2.63. The minimum absolute atomic E-state index is 0.0106. The molecule has 0 unspecified atom stereocenters. The maximum absolute atomic E-state index is 12.0. The van der Waals surface area contributed by atoms with Crippen molar-refractivity contribution in [3.63, 3.8) is 0 Å². The average molecular weight is 382 g/mol. The number of nitrogens with one attached hydrogen (secondary N) is 1. The highest BCUT2D eigenvalue weighted by atomic mass is 16.6. The van der Waals surface area contributed by atoms with Crippen LogP contribution in [0.5, 0.6) is 5.75 Å². The zero-order chi connectivity index (χ0) is 20.2. The minimum Gasteiger partial charge on any atom is -0.494 e. The number of unbranched alkanes of at least 4 members (excludes halogenated alkanes) is 4. The molecular weight excluding hydrogens is 356 g/mol. The first-order valence-corrected chi connectivity index (χ1v) is 9.55. The molecule has 0 aliphatic rings. The van der Waals surface area contributed by atoms with Crippen LogP contribution in [0.15, 0.2) is 54.6 Å². The Labute approximate surface area is 165 Å². The lowest BCUT2D eigenvalue weighted by atomic mass is 10.2. The van der Waals surface area contributed by atoms with Crippen LogP contribution in [0.4, 0.5) is 11.4 Å². The van der Waals surface area contributed by atoms with Crippen LogP contribution in [0.2, 0.25) is 0 Å². The van der Waals surface area contributed by atoms with Crippen molar-refractivity contribution in [3.05, 3.63) is 70.3 Å². The van der Waals surface area contributed by atoms with Crippen LogP contribution in [-0.4, -0.2) is 17.4 Å². The Morgan fingerprint density at radius 3 is 2.57 bits per heavy atom. The van der Waals surface area contributed by atoms with Gasteiger partial charge < -0.3 is 10.1 Å². The van der Waals surface area contributed by atoms with Crippen molar-refractivity contribution in [2.45, 2.75) is 39.0 Å². The Balaban J connectivity index is 1.79. The average Bonchev–Trinajstić information content (AvgIpc) is 2.70. The molecular formula is C22H26N2O4. The van der Waals surface area contributed by atoms with Gasteiger partial charge in [-0.3, -0.25) is 14.9 Å². The molecule has 1 amide bonds. The van der Waals surface area contributed by atoms with Crippen molar-refractivity contribution in [1.29, 1.82) is 0 Å². The molecule has 2 rings (SSSR count). The zero-order valence-electron chi connectivity index (χ0n) is 16.1. The number of carbonyl (C=O) groups excluding carboxylic acids is 1. The highest BCUT2D eigenvalue weighted by Crippen LogP contribution is 2.17. The molecule has 6 nitrogen and oxygen atoms in total. The van der Waals surface area contributed by atoms with Gasteiger partial charge in [0.25, 0.3) is 5.69 Å². The van der Waals surface area contributed by atoms with E-state index in [2.05, 4.69) is 12.2 Å². The van der Waals surface area contributed by atoms with Gasteiger partial charge in [-0.15, -0.1) is 0 Å². The SMILES string of the molecule is CCCCCCCOc1ccc(NC(=O)/C=C/c2cccc([N+](=O)[O-])c2)cc1. The van der Waals surface area contributed by atoms with Crippen LogP contribution >= 0.6 is 0 Å². The summed E-state index contributed by atoms with van der Waals surface area (Å²) in [5.41, 5.74) is 1.24. The number of carbonyl (C=O) groups is 1. The van der Waals surface area contributed by atoms with Crippen molar-refractivity contribution in [1.82, 2.24) is 0 Å². The Kier molecular flexibility index (Phi) is 8.72. The summed E-state index contributed by atoms with van der Waals surface area (Å²) >= 11 is 0. The van der Waals surface area contributed by atoms with Crippen molar-refractivity contribution in [3.8, 4) is 5.75 Å². The maximum atomic E-state index is 12.0. The van der Waals surface area contributed by atoms with E-state index in [0.29, 0.717) is 17.9 Å². The van der Waals surface area contributed by atoms with Crippen LogP contribution in [0.25, 0.3) is 6.08 Å². The van der Waals surface area contributed by atoms with Gasteiger partial charge in [0.1, 0.15) is 5.75 Å². The van der Waals surface area contributed by atoms with Crippen LogP contribution < -0.4 is 10.1 Å². The molecule has 0 fully saturated rings. The third kappa shape index (κ3) is 7.61. The van der Waals surface area contributed by atoms with Crippen molar-refractivity contribution in [2.24, 2.45) is 0 Å². The molecule has 28 heavy (non-hydrogen) atoms. The van der Waals surface area contributed by atoms with E-state index < -0.39 is 4.92 Å². The van der Waals surface area contributed by atoms with Gasteiger partial charge >= 0.3 is 0 Å². The lowest BCUT2D eigenvalue weighted by Crippen LogP contribution is -2.07. The predicted molar refractivity (Wildman–Crippen MR) is 111 cm³/mol. The van der Waals surface area contributed by atoms with E-state index in [4.69, 9.17) is 4.74 Å². The maximum Gasteiger partial charge on any atom is 0.270 e. The van der Waals surface area contributed by atoms with Crippen molar-refractivity contribution < 1.29 is 14.5 Å². The monoisotopic (exact) mass is 382 g/mol. The number of nitro benzene ring substituents is 1. The Bertz CT molecular complexity index is 800. The van der Waals surface area contributed by atoms with Gasteiger partial charge in [0.05, 0.1) is 11.5 Å². The summed E-state index contributed by atoms with van der Waals surface area (Å²) in [5, 5.41) is 13.5. The van der Waals surface area contributed by atoms with Crippen LogP contribution in [0, 0.1) is 10.1 Å². The number of hydrogen-bond donors (Lipinski definition) is 1. The van der Waals surface area contributed by atoms with E-state index in [0.717, 1.165) is 12.2 Å². The molecule has 0 atom stereocenters. The van der Waals surface area contributed by atoms with Gasteiger partial charge in [-0.25, -0.2) is 0 Å². The number of nitro groups is 1. The van der Waals surface area contributed by atoms with Gasteiger partial charge in [-0.05, 0) is 42.3 Å². The molecule has 0 aliphatic carbocycles. The molecule has 0 spiro atoms. The molecule has 0 saturated carbocycles. The smallest absolute Gasteiger partial charge is 0.270 e.